The molecule has 0 N–H and O–H groups in total. The summed E-state index contributed by atoms with van der Waals surface area (Å²) in [5, 5.41) is 0. The second-order valence-electron chi connectivity index (χ2n) is 5.68. The fourth-order valence-electron chi connectivity index (χ4n) is 0.790. The highest BCUT2D eigenvalue weighted by atomic mass is 28.3. The van der Waals surface area contributed by atoms with Gasteiger partial charge in [0.15, 0.2) is 0 Å². The van der Waals surface area contributed by atoms with Gasteiger partial charge in [0.1, 0.15) is 0 Å². The first-order valence-electron chi connectivity index (χ1n) is 5.36. The summed E-state index contributed by atoms with van der Waals surface area (Å²) in [6, 6.07) is 1.05. The van der Waals surface area contributed by atoms with E-state index in [0.29, 0.717) is 6.61 Å². The van der Waals surface area contributed by atoms with Crippen molar-refractivity contribution >= 4 is 14.0 Å². The van der Waals surface area contributed by atoms with Crippen molar-refractivity contribution in [1.29, 1.82) is 0 Å². The predicted octanol–water partition coefficient (Wildman–Crippen LogP) is 3.30. The molecule has 0 aliphatic heterocycles. The molecule has 0 heterocycles. The third-order valence-electron chi connectivity index (χ3n) is 2.52. The molecule has 3 heteroatoms. The number of hydrogen-bond donors (Lipinski definition) is 0. The van der Waals surface area contributed by atoms with E-state index in [2.05, 4.69) is 19.6 Å². The summed E-state index contributed by atoms with van der Waals surface area (Å²) in [5.41, 5.74) is -0.320. The minimum Gasteiger partial charge on any atom is -0.466 e. The monoisotopic (exact) mass is 216 g/mol. The molecule has 0 fully saturated rings. The quantitative estimate of drug-likeness (QED) is 0.520. The number of ether oxygens (including phenoxy) is 1. The van der Waals surface area contributed by atoms with Gasteiger partial charge in [-0.25, -0.2) is 0 Å². The lowest BCUT2D eigenvalue weighted by Gasteiger charge is -2.22. The normalized spacial score (nSPS) is 12.7. The molecule has 0 aromatic rings. The van der Waals surface area contributed by atoms with Crippen molar-refractivity contribution in [3.8, 4) is 0 Å². The van der Waals surface area contributed by atoms with E-state index in [0.717, 1.165) is 12.5 Å². The molecular formula is C11H24O2Si. The highest BCUT2D eigenvalue weighted by molar-refractivity contribution is 6.76. The van der Waals surface area contributed by atoms with Crippen LogP contribution in [0.5, 0.6) is 0 Å². The highest BCUT2D eigenvalue weighted by Gasteiger charge is 2.27. The number of carbonyl (C=O) groups excluding carboxylic acids is 1. The minimum absolute atomic E-state index is 0.0572. The number of esters is 1. The topological polar surface area (TPSA) is 26.3 Å². The minimum atomic E-state index is -1.07. The van der Waals surface area contributed by atoms with E-state index in [1.807, 2.05) is 20.8 Å². The lowest BCUT2D eigenvalue weighted by Crippen LogP contribution is -2.28. The zero-order valence-corrected chi connectivity index (χ0v) is 11.4. The standard InChI is InChI=1S/C11H24O2Si/c1-7-11(2,3)10(12)13-8-9-14(4,5)6/h7-9H2,1-6H3. The van der Waals surface area contributed by atoms with Crippen LogP contribution in [0.2, 0.25) is 25.7 Å². The van der Waals surface area contributed by atoms with Crippen LogP contribution in [0.4, 0.5) is 0 Å². The van der Waals surface area contributed by atoms with Crippen molar-refractivity contribution in [2.45, 2.75) is 52.9 Å². The first kappa shape index (κ1) is 13.7. The van der Waals surface area contributed by atoms with Crippen molar-refractivity contribution in [3.63, 3.8) is 0 Å². The average Bonchev–Trinajstić information content (AvgIpc) is 2.02. The molecule has 84 valence electrons. The molecule has 0 bridgehead atoms. The van der Waals surface area contributed by atoms with Crippen molar-refractivity contribution in [2.75, 3.05) is 6.61 Å². The summed E-state index contributed by atoms with van der Waals surface area (Å²) >= 11 is 0. The second-order valence-corrected chi connectivity index (χ2v) is 11.3. The number of hydrogen-bond acceptors (Lipinski definition) is 2. The SMILES string of the molecule is CCC(C)(C)C(=O)OCC[Si](C)(C)C. The Bertz CT molecular complexity index is 192. The van der Waals surface area contributed by atoms with Gasteiger partial charge in [0.2, 0.25) is 0 Å². The summed E-state index contributed by atoms with van der Waals surface area (Å²) in [5.74, 6) is -0.0572. The van der Waals surface area contributed by atoms with Gasteiger partial charge in [0, 0.05) is 8.07 Å². The first-order chi connectivity index (χ1) is 6.19. The third-order valence-corrected chi connectivity index (χ3v) is 4.23. The van der Waals surface area contributed by atoms with E-state index < -0.39 is 8.07 Å². The molecule has 0 saturated heterocycles. The van der Waals surface area contributed by atoms with Gasteiger partial charge in [0.25, 0.3) is 0 Å². The van der Waals surface area contributed by atoms with E-state index in [1.165, 1.54) is 0 Å². The van der Waals surface area contributed by atoms with Gasteiger partial charge in [-0.2, -0.15) is 0 Å². The molecule has 0 rings (SSSR count). The Morgan fingerprint density at radius 3 is 2.14 bits per heavy atom. The Hall–Kier alpha value is -0.313. The van der Waals surface area contributed by atoms with Crippen molar-refractivity contribution in [1.82, 2.24) is 0 Å². The van der Waals surface area contributed by atoms with Crippen LogP contribution in [0.3, 0.4) is 0 Å². The van der Waals surface area contributed by atoms with Crippen molar-refractivity contribution in [3.05, 3.63) is 0 Å². The molecule has 0 aromatic carbocycles. The molecule has 0 amide bonds. The van der Waals surface area contributed by atoms with Gasteiger partial charge in [-0.1, -0.05) is 26.6 Å². The van der Waals surface area contributed by atoms with Crippen molar-refractivity contribution in [2.24, 2.45) is 5.41 Å². The van der Waals surface area contributed by atoms with Crippen LogP contribution in [0.25, 0.3) is 0 Å². The van der Waals surface area contributed by atoms with Crippen LogP contribution in [0, 0.1) is 5.41 Å². The van der Waals surface area contributed by atoms with Crippen LogP contribution >= 0.6 is 0 Å². The predicted molar refractivity (Wildman–Crippen MR) is 63.2 cm³/mol. The molecule has 0 aliphatic carbocycles. The zero-order chi connectivity index (χ0) is 11.4. The maximum atomic E-state index is 11.6. The molecular weight excluding hydrogens is 192 g/mol. The fraction of sp³-hybridized carbons (Fsp3) is 0.909. The smallest absolute Gasteiger partial charge is 0.311 e. The molecule has 0 spiro atoms. The Labute approximate surface area is 89.0 Å². The summed E-state index contributed by atoms with van der Waals surface area (Å²) in [4.78, 5) is 11.6. The second kappa shape index (κ2) is 4.96. The zero-order valence-electron chi connectivity index (χ0n) is 10.4. The van der Waals surface area contributed by atoms with E-state index in [1.54, 1.807) is 0 Å². The van der Waals surface area contributed by atoms with Crippen LogP contribution in [-0.4, -0.2) is 20.7 Å². The van der Waals surface area contributed by atoms with E-state index in [4.69, 9.17) is 4.74 Å². The van der Waals surface area contributed by atoms with Gasteiger partial charge < -0.3 is 4.74 Å². The summed E-state index contributed by atoms with van der Waals surface area (Å²) < 4.78 is 5.27. The summed E-state index contributed by atoms with van der Waals surface area (Å²) in [6.07, 6.45) is 0.832. The largest absolute Gasteiger partial charge is 0.466 e. The van der Waals surface area contributed by atoms with Crippen LogP contribution < -0.4 is 0 Å². The lowest BCUT2D eigenvalue weighted by atomic mass is 9.91. The number of rotatable bonds is 5. The molecule has 0 atom stereocenters. The van der Waals surface area contributed by atoms with Gasteiger partial charge in [-0.15, -0.1) is 0 Å². The molecule has 0 aromatic heterocycles. The maximum absolute atomic E-state index is 11.6. The average molecular weight is 216 g/mol. The fourth-order valence-corrected chi connectivity index (χ4v) is 1.50. The molecule has 2 nitrogen and oxygen atoms in total. The lowest BCUT2D eigenvalue weighted by molar-refractivity contribution is -0.153. The Morgan fingerprint density at radius 1 is 1.29 bits per heavy atom. The number of carbonyl (C=O) groups is 1. The van der Waals surface area contributed by atoms with E-state index in [-0.39, 0.29) is 11.4 Å². The molecule has 14 heavy (non-hydrogen) atoms. The molecule has 0 radical (unpaired) electrons. The summed E-state index contributed by atoms with van der Waals surface area (Å²) in [7, 11) is -1.07. The van der Waals surface area contributed by atoms with Crippen molar-refractivity contribution < 1.29 is 9.53 Å². The third kappa shape index (κ3) is 5.42. The maximum Gasteiger partial charge on any atom is 0.311 e. The van der Waals surface area contributed by atoms with Crippen LogP contribution in [0.15, 0.2) is 0 Å². The summed E-state index contributed by atoms with van der Waals surface area (Å²) in [6.45, 7) is 13.3. The van der Waals surface area contributed by atoms with E-state index in [9.17, 15) is 4.79 Å². The van der Waals surface area contributed by atoms with Gasteiger partial charge in [0.05, 0.1) is 12.0 Å². The van der Waals surface area contributed by atoms with Gasteiger partial charge in [-0.3, -0.25) is 4.79 Å². The molecule has 0 aliphatic rings. The highest BCUT2D eigenvalue weighted by Crippen LogP contribution is 2.21. The molecule has 0 saturated carbocycles. The van der Waals surface area contributed by atoms with Gasteiger partial charge in [-0.05, 0) is 26.3 Å². The first-order valence-corrected chi connectivity index (χ1v) is 9.07. The van der Waals surface area contributed by atoms with Crippen LogP contribution in [0.1, 0.15) is 27.2 Å². The Morgan fingerprint density at radius 2 is 1.79 bits per heavy atom. The van der Waals surface area contributed by atoms with Crippen LogP contribution in [-0.2, 0) is 9.53 Å². The Balaban J connectivity index is 3.87. The van der Waals surface area contributed by atoms with Gasteiger partial charge >= 0.3 is 5.97 Å². The molecule has 0 unspecified atom stereocenters. The Kier molecular flexibility index (Phi) is 4.85. The van der Waals surface area contributed by atoms with E-state index >= 15 is 0 Å².